The summed E-state index contributed by atoms with van der Waals surface area (Å²) >= 11 is 9.25. The van der Waals surface area contributed by atoms with E-state index in [-0.39, 0.29) is 0 Å². The minimum absolute atomic E-state index is 0.486. The van der Waals surface area contributed by atoms with Crippen LogP contribution in [0.25, 0.3) is 0 Å². The Hall–Kier alpha value is -1.06. The number of hydrogen-bond acceptors (Lipinski definition) is 2. The van der Waals surface area contributed by atoms with E-state index in [0.717, 1.165) is 15.8 Å². The Morgan fingerprint density at radius 3 is 2.75 bits per heavy atom. The van der Waals surface area contributed by atoms with Crippen molar-refractivity contribution in [1.82, 2.24) is 4.98 Å². The Labute approximate surface area is 108 Å². The van der Waals surface area contributed by atoms with Crippen molar-refractivity contribution in [1.29, 1.82) is 0 Å². The molecule has 1 heterocycles. The van der Waals surface area contributed by atoms with E-state index in [9.17, 15) is 0 Å². The lowest BCUT2D eigenvalue weighted by Gasteiger charge is -2.09. The molecule has 0 saturated heterocycles. The highest BCUT2D eigenvalue weighted by atomic mass is 79.9. The van der Waals surface area contributed by atoms with Crippen molar-refractivity contribution in [2.24, 2.45) is 0 Å². The van der Waals surface area contributed by atoms with Crippen LogP contribution in [-0.4, -0.2) is 4.98 Å². The maximum atomic E-state index is 5.82. The van der Waals surface area contributed by atoms with Crippen molar-refractivity contribution in [2.45, 2.75) is 6.92 Å². The Morgan fingerprint density at radius 2 is 2.06 bits per heavy atom. The van der Waals surface area contributed by atoms with E-state index in [2.05, 4.69) is 39.2 Å². The van der Waals surface area contributed by atoms with E-state index in [0.29, 0.717) is 5.15 Å². The van der Waals surface area contributed by atoms with Crippen LogP contribution in [0.1, 0.15) is 5.56 Å². The zero-order valence-corrected chi connectivity index (χ0v) is 11.0. The van der Waals surface area contributed by atoms with E-state index in [1.54, 1.807) is 12.3 Å². The molecule has 0 saturated carbocycles. The zero-order valence-electron chi connectivity index (χ0n) is 8.67. The number of rotatable bonds is 2. The highest BCUT2D eigenvalue weighted by Gasteiger charge is 2.00. The molecular weight excluding hydrogens is 288 g/mol. The van der Waals surface area contributed by atoms with Crippen LogP contribution in [0.2, 0.25) is 5.15 Å². The van der Waals surface area contributed by atoms with Crippen molar-refractivity contribution in [3.8, 4) is 0 Å². The first kappa shape index (κ1) is 11.4. The number of nitrogens with zero attached hydrogens (tertiary/aromatic N) is 1. The monoisotopic (exact) mass is 296 g/mol. The van der Waals surface area contributed by atoms with Crippen molar-refractivity contribution in [2.75, 3.05) is 5.32 Å². The fourth-order valence-corrected chi connectivity index (χ4v) is 2.05. The lowest BCUT2D eigenvalue weighted by atomic mass is 10.2. The molecule has 2 nitrogen and oxygen atoms in total. The number of hydrogen-bond donors (Lipinski definition) is 1. The van der Waals surface area contributed by atoms with Crippen LogP contribution >= 0.6 is 27.5 Å². The minimum atomic E-state index is 0.486. The SMILES string of the molecule is Cc1cc(Br)ccc1Nc1ccnc(Cl)c1. The van der Waals surface area contributed by atoms with E-state index < -0.39 is 0 Å². The minimum Gasteiger partial charge on any atom is -0.355 e. The van der Waals surface area contributed by atoms with Gasteiger partial charge in [-0.2, -0.15) is 0 Å². The van der Waals surface area contributed by atoms with Crippen LogP contribution in [0, 0.1) is 6.92 Å². The molecule has 4 heteroatoms. The molecule has 0 aliphatic rings. The van der Waals surface area contributed by atoms with Crippen LogP contribution in [-0.2, 0) is 0 Å². The smallest absolute Gasteiger partial charge is 0.131 e. The number of anilines is 2. The van der Waals surface area contributed by atoms with Crippen LogP contribution in [0.3, 0.4) is 0 Å². The first-order chi connectivity index (χ1) is 7.65. The van der Waals surface area contributed by atoms with Gasteiger partial charge in [-0.05, 0) is 42.8 Å². The van der Waals surface area contributed by atoms with Gasteiger partial charge in [-0.3, -0.25) is 0 Å². The van der Waals surface area contributed by atoms with E-state index >= 15 is 0 Å². The average Bonchev–Trinajstić information content (AvgIpc) is 2.22. The first-order valence-electron chi connectivity index (χ1n) is 4.80. The molecule has 1 N–H and O–H groups in total. The van der Waals surface area contributed by atoms with Crippen molar-refractivity contribution in [3.05, 3.63) is 51.7 Å². The molecule has 0 radical (unpaired) electrons. The van der Waals surface area contributed by atoms with Gasteiger partial charge >= 0.3 is 0 Å². The number of halogens is 2. The third-order valence-electron chi connectivity index (χ3n) is 2.19. The van der Waals surface area contributed by atoms with Crippen LogP contribution in [0.15, 0.2) is 41.0 Å². The molecule has 2 rings (SSSR count). The summed E-state index contributed by atoms with van der Waals surface area (Å²) in [5, 5.41) is 3.78. The van der Waals surface area contributed by atoms with Gasteiger partial charge in [-0.25, -0.2) is 4.98 Å². The Balaban J connectivity index is 2.27. The summed E-state index contributed by atoms with van der Waals surface area (Å²) in [4.78, 5) is 3.94. The number of nitrogens with one attached hydrogen (secondary N) is 1. The molecule has 2 aromatic rings. The number of aryl methyl sites for hydroxylation is 1. The summed E-state index contributed by atoms with van der Waals surface area (Å²) < 4.78 is 1.07. The maximum absolute atomic E-state index is 5.82. The Morgan fingerprint density at radius 1 is 1.25 bits per heavy atom. The molecule has 82 valence electrons. The predicted octanol–water partition coefficient (Wildman–Crippen LogP) is 4.55. The Kier molecular flexibility index (Phi) is 3.46. The van der Waals surface area contributed by atoms with Gasteiger partial charge in [0, 0.05) is 22.0 Å². The van der Waals surface area contributed by atoms with Gasteiger partial charge in [0.1, 0.15) is 5.15 Å². The molecular formula is C12H10BrClN2. The third kappa shape index (κ3) is 2.74. The summed E-state index contributed by atoms with van der Waals surface area (Å²) in [5.41, 5.74) is 3.16. The van der Waals surface area contributed by atoms with Crippen molar-refractivity contribution in [3.63, 3.8) is 0 Å². The molecule has 1 aromatic heterocycles. The summed E-state index contributed by atoms with van der Waals surface area (Å²) in [6.45, 7) is 2.05. The highest BCUT2D eigenvalue weighted by Crippen LogP contribution is 2.24. The molecule has 0 unspecified atom stereocenters. The van der Waals surface area contributed by atoms with E-state index in [1.807, 2.05) is 18.2 Å². The molecule has 0 spiro atoms. The van der Waals surface area contributed by atoms with Crippen LogP contribution < -0.4 is 5.32 Å². The van der Waals surface area contributed by atoms with Crippen molar-refractivity contribution < 1.29 is 0 Å². The second-order valence-electron chi connectivity index (χ2n) is 3.45. The molecule has 0 aliphatic carbocycles. The van der Waals surface area contributed by atoms with E-state index in [1.165, 1.54) is 5.56 Å². The summed E-state index contributed by atoms with van der Waals surface area (Å²) in [6.07, 6.45) is 1.68. The van der Waals surface area contributed by atoms with Gasteiger partial charge in [-0.15, -0.1) is 0 Å². The van der Waals surface area contributed by atoms with Gasteiger partial charge in [-0.1, -0.05) is 27.5 Å². The summed E-state index contributed by atoms with van der Waals surface area (Å²) in [6, 6.07) is 9.76. The standard InChI is InChI=1S/C12H10BrClN2/c1-8-6-9(13)2-3-11(8)16-10-4-5-15-12(14)7-10/h2-7H,1H3,(H,15,16). The van der Waals surface area contributed by atoms with Crippen LogP contribution in [0.4, 0.5) is 11.4 Å². The highest BCUT2D eigenvalue weighted by molar-refractivity contribution is 9.10. The largest absolute Gasteiger partial charge is 0.355 e. The Bertz CT molecular complexity index is 514. The van der Waals surface area contributed by atoms with Gasteiger partial charge in [0.25, 0.3) is 0 Å². The quantitative estimate of drug-likeness (QED) is 0.823. The van der Waals surface area contributed by atoms with Crippen molar-refractivity contribution >= 4 is 38.9 Å². The maximum Gasteiger partial charge on any atom is 0.131 e. The molecule has 16 heavy (non-hydrogen) atoms. The average molecular weight is 298 g/mol. The predicted molar refractivity (Wildman–Crippen MR) is 71.4 cm³/mol. The summed E-state index contributed by atoms with van der Waals surface area (Å²) in [5.74, 6) is 0. The third-order valence-corrected chi connectivity index (χ3v) is 2.89. The molecule has 0 amide bonds. The fraction of sp³-hybridized carbons (Fsp3) is 0.0833. The number of pyridine rings is 1. The summed E-state index contributed by atoms with van der Waals surface area (Å²) in [7, 11) is 0. The number of benzene rings is 1. The second-order valence-corrected chi connectivity index (χ2v) is 4.75. The van der Waals surface area contributed by atoms with Gasteiger partial charge in [0.2, 0.25) is 0 Å². The normalized spacial score (nSPS) is 10.2. The van der Waals surface area contributed by atoms with Crippen LogP contribution in [0.5, 0.6) is 0 Å². The first-order valence-corrected chi connectivity index (χ1v) is 5.97. The molecule has 0 bridgehead atoms. The lowest BCUT2D eigenvalue weighted by molar-refractivity contribution is 1.32. The van der Waals surface area contributed by atoms with E-state index in [4.69, 9.17) is 11.6 Å². The lowest BCUT2D eigenvalue weighted by Crippen LogP contribution is -1.93. The van der Waals surface area contributed by atoms with Gasteiger partial charge < -0.3 is 5.32 Å². The molecule has 0 aliphatic heterocycles. The zero-order chi connectivity index (χ0) is 11.5. The van der Waals surface area contributed by atoms with Gasteiger partial charge in [0.15, 0.2) is 0 Å². The molecule has 0 atom stereocenters. The van der Waals surface area contributed by atoms with Gasteiger partial charge in [0.05, 0.1) is 0 Å². The topological polar surface area (TPSA) is 24.9 Å². The number of aromatic nitrogens is 1. The fourth-order valence-electron chi connectivity index (χ4n) is 1.40. The second kappa shape index (κ2) is 4.85. The molecule has 0 fully saturated rings. The molecule has 1 aromatic carbocycles.